The van der Waals surface area contributed by atoms with Crippen molar-refractivity contribution in [2.45, 2.75) is 43.7 Å². The Morgan fingerprint density at radius 1 is 1.19 bits per heavy atom. The average Bonchev–Trinajstić information content (AvgIpc) is 2.63. The number of rotatable bonds is 5. The molecule has 0 saturated carbocycles. The molecule has 2 atom stereocenters. The van der Waals surface area contributed by atoms with Gasteiger partial charge in [0.15, 0.2) is 17.5 Å². The Bertz CT molecular complexity index is 671. The summed E-state index contributed by atoms with van der Waals surface area (Å²) in [7, 11) is 0. The van der Waals surface area contributed by atoms with E-state index in [4.69, 9.17) is 0 Å². The van der Waals surface area contributed by atoms with Gasteiger partial charge in [0.2, 0.25) is 5.91 Å². The molecule has 0 spiro atoms. The summed E-state index contributed by atoms with van der Waals surface area (Å²) in [6, 6.07) is 1.81. The number of nitrogens with one attached hydrogen (secondary N) is 2. The zero-order chi connectivity index (χ0) is 18.7. The number of nitrogens with zero attached hydrogens (tertiary/aromatic N) is 1. The molecule has 0 aliphatic carbocycles. The van der Waals surface area contributed by atoms with Gasteiger partial charge in [-0.05, 0) is 50.9 Å². The van der Waals surface area contributed by atoms with E-state index in [0.717, 1.165) is 50.9 Å². The van der Waals surface area contributed by atoms with E-state index >= 15 is 0 Å². The van der Waals surface area contributed by atoms with E-state index in [-0.39, 0.29) is 19.1 Å². The molecule has 5 nitrogen and oxygen atoms in total. The molecule has 3 N–H and O–H groups in total. The minimum absolute atomic E-state index is 0.0872. The Morgan fingerprint density at radius 3 is 2.77 bits per heavy atom. The molecule has 1 aromatic carbocycles. The van der Waals surface area contributed by atoms with Crippen molar-refractivity contribution in [1.82, 2.24) is 10.2 Å². The van der Waals surface area contributed by atoms with Gasteiger partial charge in [0, 0.05) is 12.6 Å². The van der Waals surface area contributed by atoms with Gasteiger partial charge in [-0.15, -0.1) is 0 Å². The maximum atomic E-state index is 13.6. The topological polar surface area (TPSA) is 64.6 Å². The minimum atomic E-state index is -1.62. The van der Waals surface area contributed by atoms with Gasteiger partial charge in [-0.2, -0.15) is 0 Å². The predicted molar refractivity (Wildman–Crippen MR) is 91.2 cm³/mol. The second-order valence-corrected chi connectivity index (χ2v) is 7.13. The van der Waals surface area contributed by atoms with Crippen molar-refractivity contribution in [1.29, 1.82) is 0 Å². The summed E-state index contributed by atoms with van der Waals surface area (Å²) in [6.45, 7) is 2.07. The van der Waals surface area contributed by atoms with Crippen LogP contribution in [0.5, 0.6) is 0 Å². The van der Waals surface area contributed by atoms with E-state index in [0.29, 0.717) is 6.42 Å². The van der Waals surface area contributed by atoms with E-state index in [1.807, 2.05) is 0 Å². The molecule has 2 aliphatic rings. The number of hydrogen-bond acceptors (Lipinski definition) is 4. The maximum absolute atomic E-state index is 13.6. The highest BCUT2D eigenvalue weighted by Gasteiger charge is 2.43. The van der Waals surface area contributed by atoms with Crippen LogP contribution in [0.4, 0.5) is 18.9 Å². The highest BCUT2D eigenvalue weighted by atomic mass is 19.2. The second kappa shape index (κ2) is 7.94. The van der Waals surface area contributed by atoms with Crippen LogP contribution >= 0.6 is 0 Å². The van der Waals surface area contributed by atoms with Crippen molar-refractivity contribution < 1.29 is 23.1 Å². The third-order valence-electron chi connectivity index (χ3n) is 5.31. The Balaban J connectivity index is 1.52. The molecule has 3 rings (SSSR count). The lowest BCUT2D eigenvalue weighted by Crippen LogP contribution is -2.62. The van der Waals surface area contributed by atoms with Crippen LogP contribution in [0.1, 0.15) is 32.1 Å². The molecule has 144 valence electrons. The molecule has 2 aliphatic heterocycles. The van der Waals surface area contributed by atoms with E-state index in [9.17, 15) is 23.1 Å². The lowest BCUT2D eigenvalue weighted by atomic mass is 9.79. The Morgan fingerprint density at radius 2 is 1.96 bits per heavy atom. The third kappa shape index (κ3) is 4.02. The summed E-state index contributed by atoms with van der Waals surface area (Å²) >= 11 is 0. The van der Waals surface area contributed by atoms with Crippen molar-refractivity contribution in [3.05, 3.63) is 29.6 Å². The molecule has 1 amide bonds. The maximum Gasteiger partial charge on any atom is 0.238 e. The number of piperidine rings is 2. The van der Waals surface area contributed by atoms with Gasteiger partial charge in [-0.3, -0.25) is 9.69 Å². The number of aliphatic hydroxyl groups is 1. The molecule has 0 aromatic heterocycles. The summed E-state index contributed by atoms with van der Waals surface area (Å²) in [5.74, 6) is -4.95. The van der Waals surface area contributed by atoms with Crippen LogP contribution in [0.25, 0.3) is 0 Å². The van der Waals surface area contributed by atoms with Gasteiger partial charge in [0.1, 0.15) is 0 Å². The molecule has 2 fully saturated rings. The number of carbonyl (C=O) groups is 1. The largest absolute Gasteiger partial charge is 0.387 e. The van der Waals surface area contributed by atoms with E-state index in [1.54, 1.807) is 0 Å². The Labute approximate surface area is 150 Å². The number of carbonyl (C=O) groups excluding carboxylic acids is 1. The zero-order valence-electron chi connectivity index (χ0n) is 14.5. The number of hydrogen-bond donors (Lipinski definition) is 3. The lowest BCUT2D eigenvalue weighted by molar-refractivity contribution is -0.116. The monoisotopic (exact) mass is 371 g/mol. The number of benzene rings is 1. The first-order valence-corrected chi connectivity index (χ1v) is 9.01. The molecule has 0 radical (unpaired) electrons. The normalized spacial score (nSPS) is 26.4. The molecule has 2 heterocycles. The van der Waals surface area contributed by atoms with Crippen LogP contribution in [-0.2, 0) is 4.79 Å². The van der Waals surface area contributed by atoms with Crippen LogP contribution in [0.3, 0.4) is 0 Å². The molecule has 26 heavy (non-hydrogen) atoms. The molecule has 0 unspecified atom stereocenters. The quantitative estimate of drug-likeness (QED) is 0.693. The number of fused-ring (bicyclic) bond motifs is 1. The minimum Gasteiger partial charge on any atom is -0.387 e. The van der Waals surface area contributed by atoms with E-state index in [2.05, 4.69) is 15.5 Å². The SMILES string of the molecule is O=C(CNC[C@]1(O)CCCN2CCCC[C@@H]21)Nc1ccc(F)c(F)c1F. The molecule has 8 heteroatoms. The van der Waals surface area contributed by atoms with Crippen molar-refractivity contribution in [2.75, 3.05) is 31.5 Å². The zero-order valence-corrected chi connectivity index (χ0v) is 14.5. The van der Waals surface area contributed by atoms with Gasteiger partial charge in [-0.25, -0.2) is 13.2 Å². The predicted octanol–water partition coefficient (Wildman–Crippen LogP) is 2.01. The average molecular weight is 371 g/mol. The van der Waals surface area contributed by atoms with Crippen LogP contribution in [-0.4, -0.2) is 53.7 Å². The van der Waals surface area contributed by atoms with E-state index in [1.165, 1.54) is 0 Å². The van der Waals surface area contributed by atoms with Gasteiger partial charge < -0.3 is 15.7 Å². The number of halogens is 3. The summed E-state index contributed by atoms with van der Waals surface area (Å²) in [5, 5.41) is 16.1. The second-order valence-electron chi connectivity index (χ2n) is 7.13. The van der Waals surface area contributed by atoms with Crippen LogP contribution < -0.4 is 10.6 Å². The van der Waals surface area contributed by atoms with E-state index < -0.39 is 34.6 Å². The third-order valence-corrected chi connectivity index (χ3v) is 5.31. The molecule has 2 saturated heterocycles. The fraction of sp³-hybridized carbons (Fsp3) is 0.611. The number of anilines is 1. The highest BCUT2D eigenvalue weighted by molar-refractivity contribution is 5.92. The molecular formula is C18H24F3N3O2. The van der Waals surface area contributed by atoms with Crippen molar-refractivity contribution in [2.24, 2.45) is 0 Å². The fourth-order valence-corrected chi connectivity index (χ4v) is 4.04. The van der Waals surface area contributed by atoms with Crippen LogP contribution in [0, 0.1) is 17.5 Å². The van der Waals surface area contributed by atoms with Gasteiger partial charge in [0.05, 0.1) is 17.8 Å². The van der Waals surface area contributed by atoms with Crippen molar-refractivity contribution in [3.8, 4) is 0 Å². The van der Waals surface area contributed by atoms with Gasteiger partial charge in [0.25, 0.3) is 0 Å². The van der Waals surface area contributed by atoms with Crippen LogP contribution in [0.15, 0.2) is 12.1 Å². The van der Waals surface area contributed by atoms with Gasteiger partial charge >= 0.3 is 0 Å². The summed E-state index contributed by atoms with van der Waals surface area (Å²) in [6.07, 6.45) is 4.73. The summed E-state index contributed by atoms with van der Waals surface area (Å²) in [4.78, 5) is 14.3. The van der Waals surface area contributed by atoms with Crippen molar-refractivity contribution in [3.63, 3.8) is 0 Å². The lowest BCUT2D eigenvalue weighted by Gasteiger charge is -2.49. The molecular weight excluding hydrogens is 347 g/mol. The molecule has 0 bridgehead atoms. The first-order chi connectivity index (χ1) is 12.4. The van der Waals surface area contributed by atoms with Crippen LogP contribution in [0.2, 0.25) is 0 Å². The first kappa shape index (κ1) is 19.1. The summed E-state index contributed by atoms with van der Waals surface area (Å²) < 4.78 is 39.7. The highest BCUT2D eigenvalue weighted by Crippen LogP contribution is 2.33. The van der Waals surface area contributed by atoms with Gasteiger partial charge in [-0.1, -0.05) is 6.42 Å². The fourth-order valence-electron chi connectivity index (χ4n) is 4.04. The molecule has 1 aromatic rings. The standard InChI is InChI=1S/C18H24F3N3O2/c19-12-5-6-13(17(21)16(12)20)23-15(25)10-22-11-18(26)7-3-9-24-8-2-1-4-14(18)24/h5-6,14,22,26H,1-4,7-11H2,(H,23,25)/t14-,18-/m1/s1. The first-order valence-electron chi connectivity index (χ1n) is 9.01. The van der Waals surface area contributed by atoms with Crippen molar-refractivity contribution >= 4 is 11.6 Å². The summed E-state index contributed by atoms with van der Waals surface area (Å²) in [5.41, 5.74) is -1.31. The Hall–Kier alpha value is -1.64. The smallest absolute Gasteiger partial charge is 0.238 e. The Kier molecular flexibility index (Phi) is 5.84. The number of amides is 1.